The lowest BCUT2D eigenvalue weighted by Crippen LogP contribution is -2.33. The molecule has 0 unspecified atom stereocenters. The zero-order valence-corrected chi connectivity index (χ0v) is 11.4. The molecule has 2 rings (SSSR count). The maximum absolute atomic E-state index is 3.61. The van der Waals surface area contributed by atoms with E-state index in [0.717, 1.165) is 26.2 Å². The van der Waals surface area contributed by atoms with Gasteiger partial charge in [0.1, 0.15) is 0 Å². The third kappa shape index (κ3) is 2.98. The number of hydrogen-bond acceptors (Lipinski definition) is 2. The summed E-state index contributed by atoms with van der Waals surface area (Å²) in [6.07, 6.45) is 2.46. The Hall–Kier alpha value is -0.540. The van der Waals surface area contributed by atoms with E-state index in [1.807, 2.05) is 0 Å². The number of nitrogens with one attached hydrogen (secondary N) is 1. The van der Waals surface area contributed by atoms with E-state index in [2.05, 4.69) is 51.3 Å². The normalized spacial score (nSPS) is 18.0. The molecule has 1 aliphatic heterocycles. The molecule has 1 N–H and O–H groups in total. The molecule has 1 aromatic rings. The lowest BCUT2D eigenvalue weighted by molar-refractivity contribution is 0.567. The van der Waals surface area contributed by atoms with Crippen LogP contribution >= 0.6 is 15.9 Å². The van der Waals surface area contributed by atoms with Crippen molar-refractivity contribution in [1.82, 2.24) is 5.32 Å². The van der Waals surface area contributed by atoms with Gasteiger partial charge in [0, 0.05) is 23.2 Å². The van der Waals surface area contributed by atoms with Crippen molar-refractivity contribution in [2.24, 2.45) is 0 Å². The third-order valence-corrected chi connectivity index (χ3v) is 3.94. The highest BCUT2D eigenvalue weighted by atomic mass is 79.9. The van der Waals surface area contributed by atoms with Crippen molar-refractivity contribution < 1.29 is 0 Å². The smallest absolute Gasteiger partial charge is 0.0377 e. The van der Waals surface area contributed by atoms with Gasteiger partial charge in [-0.2, -0.15) is 0 Å². The predicted octanol–water partition coefficient (Wildman–Crippen LogP) is 2.95. The van der Waals surface area contributed by atoms with Gasteiger partial charge < -0.3 is 10.2 Å². The highest BCUT2D eigenvalue weighted by molar-refractivity contribution is 9.10. The van der Waals surface area contributed by atoms with E-state index >= 15 is 0 Å². The van der Waals surface area contributed by atoms with E-state index in [1.165, 1.54) is 28.6 Å². The van der Waals surface area contributed by atoms with Crippen LogP contribution in [-0.2, 0) is 0 Å². The number of nitrogens with zero attached hydrogens (tertiary/aromatic N) is 1. The van der Waals surface area contributed by atoms with Crippen LogP contribution in [0.5, 0.6) is 0 Å². The van der Waals surface area contributed by atoms with Crippen LogP contribution < -0.4 is 10.2 Å². The molecule has 16 heavy (non-hydrogen) atoms. The number of halogens is 1. The number of aryl methyl sites for hydroxylation is 1. The van der Waals surface area contributed by atoms with E-state index in [-0.39, 0.29) is 0 Å². The van der Waals surface area contributed by atoms with Gasteiger partial charge in [0.05, 0.1) is 0 Å². The fourth-order valence-electron chi connectivity index (χ4n) is 2.06. The molecule has 0 atom stereocenters. The summed E-state index contributed by atoms with van der Waals surface area (Å²) in [4.78, 5) is 2.49. The molecule has 0 radical (unpaired) electrons. The van der Waals surface area contributed by atoms with E-state index in [1.54, 1.807) is 0 Å². The van der Waals surface area contributed by atoms with E-state index in [0.29, 0.717) is 0 Å². The van der Waals surface area contributed by atoms with Gasteiger partial charge in [-0.15, -0.1) is 0 Å². The Balaban J connectivity index is 2.11. The fraction of sp³-hybridized carbons (Fsp3) is 0.538. The van der Waals surface area contributed by atoms with Crippen LogP contribution in [-0.4, -0.2) is 26.2 Å². The molecule has 1 heterocycles. The van der Waals surface area contributed by atoms with E-state index in [9.17, 15) is 0 Å². The predicted molar refractivity (Wildman–Crippen MR) is 73.2 cm³/mol. The van der Waals surface area contributed by atoms with Crippen LogP contribution in [0.4, 0.5) is 5.69 Å². The summed E-state index contributed by atoms with van der Waals surface area (Å²) in [5, 5.41) is 3.44. The number of anilines is 1. The van der Waals surface area contributed by atoms with Gasteiger partial charge in [-0.3, -0.25) is 0 Å². The van der Waals surface area contributed by atoms with Crippen LogP contribution in [0.15, 0.2) is 22.7 Å². The first-order valence-corrected chi connectivity index (χ1v) is 6.78. The second-order valence-electron chi connectivity index (χ2n) is 4.38. The first-order chi connectivity index (χ1) is 7.77. The molecule has 0 bridgehead atoms. The van der Waals surface area contributed by atoms with Crippen molar-refractivity contribution in [2.45, 2.75) is 19.8 Å². The fourth-order valence-corrected chi connectivity index (χ4v) is 2.43. The summed E-state index contributed by atoms with van der Waals surface area (Å²) >= 11 is 3.61. The average Bonchev–Trinajstić information content (AvgIpc) is 2.22. The summed E-state index contributed by atoms with van der Waals surface area (Å²) in [6, 6.07) is 6.66. The average molecular weight is 283 g/mol. The first kappa shape index (κ1) is 11.9. The minimum Gasteiger partial charge on any atom is -0.371 e. The Morgan fingerprint density at radius 2 is 1.88 bits per heavy atom. The molecule has 0 spiro atoms. The molecule has 1 saturated heterocycles. The summed E-state index contributed by atoms with van der Waals surface area (Å²) in [6.45, 7) is 6.73. The van der Waals surface area contributed by atoms with Crippen LogP contribution in [0.1, 0.15) is 18.4 Å². The SMILES string of the molecule is Cc1ccc(N2CCCNCCC2)cc1Br. The van der Waals surface area contributed by atoms with Crippen molar-refractivity contribution in [3.05, 3.63) is 28.2 Å². The van der Waals surface area contributed by atoms with Crippen molar-refractivity contribution in [3.63, 3.8) is 0 Å². The maximum atomic E-state index is 3.61. The van der Waals surface area contributed by atoms with Crippen molar-refractivity contribution in [2.75, 3.05) is 31.1 Å². The second kappa shape index (κ2) is 5.69. The molecule has 0 aliphatic carbocycles. The van der Waals surface area contributed by atoms with Crippen LogP contribution in [0.2, 0.25) is 0 Å². The molecule has 0 saturated carbocycles. The summed E-state index contributed by atoms with van der Waals surface area (Å²) in [5.41, 5.74) is 2.65. The van der Waals surface area contributed by atoms with Crippen molar-refractivity contribution >= 4 is 21.6 Å². The molecule has 1 fully saturated rings. The molecule has 1 aliphatic rings. The number of rotatable bonds is 1. The Morgan fingerprint density at radius 3 is 2.50 bits per heavy atom. The molecule has 1 aromatic carbocycles. The topological polar surface area (TPSA) is 15.3 Å². The third-order valence-electron chi connectivity index (χ3n) is 3.08. The monoisotopic (exact) mass is 282 g/mol. The Labute approximate surface area is 106 Å². The molecular weight excluding hydrogens is 264 g/mol. The summed E-state index contributed by atoms with van der Waals surface area (Å²) in [7, 11) is 0. The second-order valence-corrected chi connectivity index (χ2v) is 5.23. The Bertz CT molecular complexity index is 344. The van der Waals surface area contributed by atoms with Gasteiger partial charge >= 0.3 is 0 Å². The quantitative estimate of drug-likeness (QED) is 0.852. The summed E-state index contributed by atoms with van der Waals surface area (Å²) < 4.78 is 1.21. The highest BCUT2D eigenvalue weighted by Crippen LogP contribution is 2.24. The van der Waals surface area contributed by atoms with Gasteiger partial charge in [0.15, 0.2) is 0 Å². The Morgan fingerprint density at radius 1 is 1.19 bits per heavy atom. The minimum atomic E-state index is 1.14. The number of benzene rings is 1. The van der Waals surface area contributed by atoms with Crippen LogP contribution in [0, 0.1) is 6.92 Å². The largest absolute Gasteiger partial charge is 0.371 e. The zero-order chi connectivity index (χ0) is 11.4. The van der Waals surface area contributed by atoms with Gasteiger partial charge in [-0.25, -0.2) is 0 Å². The maximum Gasteiger partial charge on any atom is 0.0377 e. The molecule has 88 valence electrons. The van der Waals surface area contributed by atoms with E-state index < -0.39 is 0 Å². The first-order valence-electron chi connectivity index (χ1n) is 5.99. The Kier molecular flexibility index (Phi) is 4.24. The van der Waals surface area contributed by atoms with Crippen molar-refractivity contribution in [3.8, 4) is 0 Å². The van der Waals surface area contributed by atoms with Gasteiger partial charge in [0.2, 0.25) is 0 Å². The summed E-state index contributed by atoms with van der Waals surface area (Å²) in [5.74, 6) is 0. The highest BCUT2D eigenvalue weighted by Gasteiger charge is 2.09. The lowest BCUT2D eigenvalue weighted by atomic mass is 10.2. The molecule has 0 amide bonds. The zero-order valence-electron chi connectivity index (χ0n) is 9.80. The molecular formula is C13H19BrN2. The van der Waals surface area contributed by atoms with E-state index in [4.69, 9.17) is 0 Å². The minimum absolute atomic E-state index is 1.14. The van der Waals surface area contributed by atoms with Gasteiger partial charge in [0.25, 0.3) is 0 Å². The lowest BCUT2D eigenvalue weighted by Gasteiger charge is -2.27. The standard InChI is InChI=1S/C13H19BrN2/c1-11-4-5-12(10-13(11)14)16-8-2-6-15-7-3-9-16/h4-5,10,15H,2-3,6-9H2,1H3. The van der Waals surface area contributed by atoms with Crippen LogP contribution in [0.25, 0.3) is 0 Å². The molecule has 0 aromatic heterocycles. The van der Waals surface area contributed by atoms with Crippen LogP contribution in [0.3, 0.4) is 0 Å². The van der Waals surface area contributed by atoms with Gasteiger partial charge in [-0.1, -0.05) is 22.0 Å². The molecule has 2 nitrogen and oxygen atoms in total. The van der Waals surface area contributed by atoms with Crippen molar-refractivity contribution in [1.29, 1.82) is 0 Å². The number of hydrogen-bond donors (Lipinski definition) is 1. The molecule has 3 heteroatoms. The van der Waals surface area contributed by atoms with Gasteiger partial charge in [-0.05, 0) is 50.6 Å².